The van der Waals surface area contributed by atoms with E-state index < -0.39 is 15.7 Å². The Labute approximate surface area is 212 Å². The fraction of sp³-hybridized carbons (Fsp3) is 0.125. The van der Waals surface area contributed by atoms with E-state index in [0.29, 0.717) is 22.7 Å². The molecule has 3 heterocycles. The summed E-state index contributed by atoms with van der Waals surface area (Å²) in [6.07, 6.45) is 1.40. The Hall–Kier alpha value is -3.40. The number of rotatable bonds is 5. The van der Waals surface area contributed by atoms with Gasteiger partial charge in [-0.2, -0.15) is 13.5 Å². The molecule has 2 N–H and O–H groups in total. The molecule has 0 amide bonds. The van der Waals surface area contributed by atoms with Crippen LogP contribution in [-0.4, -0.2) is 29.0 Å². The molecule has 4 aromatic rings. The summed E-state index contributed by atoms with van der Waals surface area (Å²) in [5.41, 5.74) is 8.30. The SMILES string of the molecule is Cc1nn(C)cc1S(=O)(=O)Oc1cccc(C2(c3cc(Cl)nc(Cl)c3)N=C(N)c3ccccc32)c1. The van der Waals surface area contributed by atoms with Gasteiger partial charge in [-0.25, -0.2) is 9.98 Å². The lowest BCUT2D eigenvalue weighted by atomic mass is 9.78. The van der Waals surface area contributed by atoms with E-state index in [-0.39, 0.29) is 21.0 Å². The van der Waals surface area contributed by atoms with E-state index in [1.807, 2.05) is 30.3 Å². The number of benzene rings is 2. The molecule has 0 bridgehead atoms. The van der Waals surface area contributed by atoms with Gasteiger partial charge in [0.05, 0.1) is 5.69 Å². The van der Waals surface area contributed by atoms with Gasteiger partial charge in [0.15, 0.2) is 0 Å². The Morgan fingerprint density at radius 1 is 1.00 bits per heavy atom. The molecule has 11 heteroatoms. The standard InChI is InChI=1S/C24H19Cl2N5O3S/c1-14-20(13-31(2)30-14)35(32,33)34-17-7-5-6-15(10-17)24(16-11-21(25)28-22(26)12-16)19-9-4-3-8-18(19)23(27)29-24/h3-13H,1-2H3,(H2,27,29). The molecule has 2 aromatic carbocycles. The molecular formula is C24H19Cl2N5O3S. The average Bonchev–Trinajstić information content (AvgIpc) is 3.30. The third-order valence-electron chi connectivity index (χ3n) is 5.76. The van der Waals surface area contributed by atoms with Gasteiger partial charge >= 0.3 is 10.1 Å². The summed E-state index contributed by atoms with van der Waals surface area (Å²) in [6, 6.07) is 17.5. The second kappa shape index (κ2) is 8.37. The minimum atomic E-state index is -4.13. The maximum absolute atomic E-state index is 13.0. The fourth-order valence-electron chi connectivity index (χ4n) is 4.37. The number of aromatic nitrogens is 3. The summed E-state index contributed by atoms with van der Waals surface area (Å²) in [5.74, 6) is 0.434. The molecule has 0 radical (unpaired) electrons. The summed E-state index contributed by atoms with van der Waals surface area (Å²) < 4.78 is 32.9. The van der Waals surface area contributed by atoms with Gasteiger partial charge in [-0.1, -0.05) is 59.6 Å². The van der Waals surface area contributed by atoms with Crippen molar-refractivity contribution in [3.05, 3.63) is 105 Å². The molecule has 2 aromatic heterocycles. The van der Waals surface area contributed by atoms with Crippen LogP contribution < -0.4 is 9.92 Å². The first-order valence-electron chi connectivity index (χ1n) is 10.4. The van der Waals surface area contributed by atoms with E-state index >= 15 is 0 Å². The van der Waals surface area contributed by atoms with Crippen molar-refractivity contribution in [2.75, 3.05) is 0 Å². The second-order valence-corrected chi connectivity index (χ2v) is 10.4. The van der Waals surface area contributed by atoms with Crippen molar-refractivity contribution >= 4 is 39.2 Å². The van der Waals surface area contributed by atoms with Gasteiger partial charge in [0, 0.05) is 18.8 Å². The highest BCUT2D eigenvalue weighted by Gasteiger charge is 2.43. The number of fused-ring (bicyclic) bond motifs is 1. The van der Waals surface area contributed by atoms with Gasteiger partial charge in [0.1, 0.15) is 32.3 Å². The monoisotopic (exact) mass is 527 g/mol. The van der Waals surface area contributed by atoms with Crippen LogP contribution >= 0.6 is 23.2 Å². The smallest absolute Gasteiger partial charge is 0.342 e. The highest BCUT2D eigenvalue weighted by molar-refractivity contribution is 7.87. The molecule has 1 aliphatic heterocycles. The van der Waals surface area contributed by atoms with Gasteiger partial charge in [-0.3, -0.25) is 4.68 Å². The van der Waals surface area contributed by atoms with Crippen LogP contribution in [0, 0.1) is 6.92 Å². The molecule has 5 rings (SSSR count). The topological polar surface area (TPSA) is 112 Å². The van der Waals surface area contributed by atoms with E-state index in [4.69, 9.17) is 38.1 Å². The van der Waals surface area contributed by atoms with Gasteiger partial charge < -0.3 is 9.92 Å². The molecule has 0 saturated heterocycles. The van der Waals surface area contributed by atoms with Crippen molar-refractivity contribution in [3.8, 4) is 5.75 Å². The molecule has 0 aliphatic carbocycles. The number of hydrogen-bond acceptors (Lipinski definition) is 7. The molecular weight excluding hydrogens is 509 g/mol. The first kappa shape index (κ1) is 23.3. The van der Waals surface area contributed by atoms with Crippen LogP contribution in [0.4, 0.5) is 0 Å². The molecule has 1 aliphatic rings. The van der Waals surface area contributed by atoms with Gasteiger partial charge in [0.2, 0.25) is 0 Å². The summed E-state index contributed by atoms with van der Waals surface area (Å²) in [7, 11) is -2.49. The number of nitrogens with two attached hydrogens (primary N) is 1. The lowest BCUT2D eigenvalue weighted by Gasteiger charge is -2.29. The van der Waals surface area contributed by atoms with Crippen molar-refractivity contribution in [2.45, 2.75) is 17.4 Å². The third-order valence-corrected chi connectivity index (χ3v) is 7.50. The zero-order chi connectivity index (χ0) is 25.0. The maximum Gasteiger partial charge on any atom is 0.342 e. The zero-order valence-electron chi connectivity index (χ0n) is 18.6. The van der Waals surface area contributed by atoms with Gasteiger partial charge in [-0.05, 0) is 47.9 Å². The molecule has 0 spiro atoms. The van der Waals surface area contributed by atoms with Crippen LogP contribution in [0.5, 0.6) is 5.75 Å². The van der Waals surface area contributed by atoms with Crippen LogP contribution in [0.15, 0.2) is 76.7 Å². The molecule has 35 heavy (non-hydrogen) atoms. The van der Waals surface area contributed by atoms with Crippen LogP contribution in [0.3, 0.4) is 0 Å². The van der Waals surface area contributed by atoms with Crippen molar-refractivity contribution in [2.24, 2.45) is 17.8 Å². The first-order chi connectivity index (χ1) is 16.6. The van der Waals surface area contributed by atoms with Crippen molar-refractivity contribution in [1.29, 1.82) is 0 Å². The number of aliphatic imine (C=N–C) groups is 1. The summed E-state index contributed by atoms with van der Waals surface area (Å²) in [5, 5.41) is 4.47. The highest BCUT2D eigenvalue weighted by atomic mass is 35.5. The largest absolute Gasteiger partial charge is 0.383 e. The summed E-state index contributed by atoms with van der Waals surface area (Å²) in [6.45, 7) is 1.60. The lowest BCUT2D eigenvalue weighted by molar-refractivity contribution is 0.484. The Morgan fingerprint density at radius 2 is 1.71 bits per heavy atom. The fourth-order valence-corrected chi connectivity index (χ4v) is 5.96. The van der Waals surface area contributed by atoms with Crippen molar-refractivity contribution in [1.82, 2.24) is 14.8 Å². The van der Waals surface area contributed by atoms with E-state index in [0.717, 1.165) is 11.1 Å². The second-order valence-electron chi connectivity index (χ2n) is 8.07. The normalized spacial score (nSPS) is 17.2. The minimum Gasteiger partial charge on any atom is -0.383 e. The molecule has 8 nitrogen and oxygen atoms in total. The zero-order valence-corrected chi connectivity index (χ0v) is 20.9. The number of aryl methyl sites for hydroxylation is 2. The molecule has 0 saturated carbocycles. The minimum absolute atomic E-state index is 0.0127. The number of amidine groups is 1. The van der Waals surface area contributed by atoms with Crippen LogP contribution in [0.1, 0.15) is 27.9 Å². The Morgan fingerprint density at radius 3 is 2.40 bits per heavy atom. The number of hydrogen-bond donors (Lipinski definition) is 1. The molecule has 178 valence electrons. The Kier molecular flexibility index (Phi) is 5.58. The third kappa shape index (κ3) is 3.95. The van der Waals surface area contributed by atoms with E-state index in [2.05, 4.69) is 10.1 Å². The number of pyridine rings is 1. The van der Waals surface area contributed by atoms with Crippen LogP contribution in [0.25, 0.3) is 0 Å². The number of halogens is 2. The Balaban J connectivity index is 1.69. The maximum atomic E-state index is 13.0. The van der Waals surface area contributed by atoms with E-state index in [9.17, 15) is 8.42 Å². The van der Waals surface area contributed by atoms with Gasteiger partial charge in [-0.15, -0.1) is 0 Å². The van der Waals surface area contributed by atoms with Gasteiger partial charge in [0.25, 0.3) is 0 Å². The summed E-state index contributed by atoms with van der Waals surface area (Å²) in [4.78, 5) is 8.90. The summed E-state index contributed by atoms with van der Waals surface area (Å²) >= 11 is 12.5. The molecule has 0 fully saturated rings. The van der Waals surface area contributed by atoms with Crippen molar-refractivity contribution < 1.29 is 12.6 Å². The predicted molar refractivity (Wildman–Crippen MR) is 134 cm³/mol. The number of nitrogens with zero attached hydrogens (tertiary/aromatic N) is 4. The quantitative estimate of drug-likeness (QED) is 0.307. The first-order valence-corrected chi connectivity index (χ1v) is 12.6. The predicted octanol–water partition coefficient (Wildman–Crippen LogP) is 4.21. The Bertz CT molecular complexity index is 1600. The van der Waals surface area contributed by atoms with Crippen LogP contribution in [-0.2, 0) is 22.7 Å². The highest BCUT2D eigenvalue weighted by Crippen LogP contribution is 2.47. The van der Waals surface area contributed by atoms with E-state index in [1.165, 1.54) is 10.9 Å². The lowest BCUT2D eigenvalue weighted by Crippen LogP contribution is -2.26. The average molecular weight is 528 g/mol. The van der Waals surface area contributed by atoms with E-state index in [1.54, 1.807) is 44.3 Å². The molecule has 1 atom stereocenters. The molecule has 1 unspecified atom stereocenters. The van der Waals surface area contributed by atoms with Crippen molar-refractivity contribution in [3.63, 3.8) is 0 Å². The van der Waals surface area contributed by atoms with Crippen LogP contribution in [0.2, 0.25) is 10.3 Å².